The van der Waals surface area contributed by atoms with Crippen LogP contribution in [-0.4, -0.2) is 29.8 Å². The minimum Gasteiger partial charge on any atom is -0.393 e. The number of hydrogen-bond donors (Lipinski definition) is 3. The predicted octanol–water partition coefficient (Wildman–Crippen LogP) is 2.17. The van der Waals surface area contributed by atoms with Gasteiger partial charge in [0, 0.05) is 18.5 Å². The summed E-state index contributed by atoms with van der Waals surface area (Å²) < 4.78 is 0. The Labute approximate surface area is 110 Å². The van der Waals surface area contributed by atoms with Gasteiger partial charge in [0.05, 0.1) is 6.10 Å². The van der Waals surface area contributed by atoms with E-state index in [9.17, 15) is 9.90 Å². The number of carbonyl (C=O) groups excluding carboxylic acids is 1. The third kappa shape index (κ3) is 4.16. The maximum Gasteiger partial charge on any atom is 0.315 e. The molecule has 2 aliphatic carbocycles. The number of amides is 2. The molecule has 0 radical (unpaired) electrons. The number of aliphatic hydroxyl groups is 1. The summed E-state index contributed by atoms with van der Waals surface area (Å²) in [7, 11) is 0. The fourth-order valence-electron chi connectivity index (χ4n) is 3.13. The third-order valence-corrected chi connectivity index (χ3v) is 4.33. The zero-order valence-electron chi connectivity index (χ0n) is 11.2. The van der Waals surface area contributed by atoms with Crippen LogP contribution in [0.5, 0.6) is 0 Å². The molecule has 0 aromatic rings. The molecule has 2 unspecified atom stereocenters. The highest BCUT2D eigenvalue weighted by molar-refractivity contribution is 5.74. The molecule has 0 bridgehead atoms. The Hall–Kier alpha value is -0.770. The van der Waals surface area contributed by atoms with Crippen LogP contribution < -0.4 is 10.6 Å². The monoisotopic (exact) mass is 254 g/mol. The largest absolute Gasteiger partial charge is 0.393 e. The second-order valence-electron chi connectivity index (χ2n) is 5.80. The van der Waals surface area contributed by atoms with Crippen LogP contribution in [0.25, 0.3) is 0 Å². The van der Waals surface area contributed by atoms with Crippen molar-refractivity contribution in [2.24, 2.45) is 5.92 Å². The highest BCUT2D eigenvalue weighted by Gasteiger charge is 2.23. The molecule has 2 aliphatic rings. The second-order valence-corrected chi connectivity index (χ2v) is 5.80. The van der Waals surface area contributed by atoms with E-state index < -0.39 is 0 Å². The molecule has 104 valence electrons. The van der Waals surface area contributed by atoms with Crippen LogP contribution in [0.3, 0.4) is 0 Å². The van der Waals surface area contributed by atoms with Gasteiger partial charge >= 0.3 is 6.03 Å². The van der Waals surface area contributed by atoms with E-state index in [1.54, 1.807) is 0 Å². The van der Waals surface area contributed by atoms with E-state index >= 15 is 0 Å². The number of urea groups is 1. The minimum atomic E-state index is -0.228. The SMILES string of the molecule is O=C(NCC1CCCCC1O)NC1CCCCC1. The lowest BCUT2D eigenvalue weighted by atomic mass is 9.86. The Morgan fingerprint density at radius 3 is 2.39 bits per heavy atom. The molecule has 0 heterocycles. The molecule has 2 saturated carbocycles. The molecule has 4 nitrogen and oxygen atoms in total. The number of aliphatic hydroxyl groups excluding tert-OH is 1. The summed E-state index contributed by atoms with van der Waals surface area (Å²) in [5, 5.41) is 15.8. The van der Waals surface area contributed by atoms with E-state index in [-0.39, 0.29) is 18.1 Å². The summed E-state index contributed by atoms with van der Waals surface area (Å²) >= 11 is 0. The highest BCUT2D eigenvalue weighted by Crippen LogP contribution is 2.23. The number of hydrogen-bond acceptors (Lipinski definition) is 2. The van der Waals surface area contributed by atoms with Crippen molar-refractivity contribution in [3.8, 4) is 0 Å². The van der Waals surface area contributed by atoms with Gasteiger partial charge in [-0.2, -0.15) is 0 Å². The normalized spacial score (nSPS) is 29.8. The Morgan fingerprint density at radius 2 is 1.67 bits per heavy atom. The minimum absolute atomic E-state index is 0.0559. The first kappa shape index (κ1) is 13.7. The maximum atomic E-state index is 11.8. The van der Waals surface area contributed by atoms with Gasteiger partial charge in [0.15, 0.2) is 0 Å². The van der Waals surface area contributed by atoms with Crippen molar-refractivity contribution >= 4 is 6.03 Å². The second kappa shape index (κ2) is 6.98. The van der Waals surface area contributed by atoms with Gasteiger partial charge in [0.1, 0.15) is 0 Å². The van der Waals surface area contributed by atoms with E-state index in [1.165, 1.54) is 25.7 Å². The summed E-state index contributed by atoms with van der Waals surface area (Å²) in [6, 6.07) is 0.301. The van der Waals surface area contributed by atoms with Crippen LogP contribution in [0.15, 0.2) is 0 Å². The average molecular weight is 254 g/mol. The van der Waals surface area contributed by atoms with Gasteiger partial charge in [-0.15, -0.1) is 0 Å². The number of rotatable bonds is 3. The van der Waals surface area contributed by atoms with E-state index in [0.717, 1.165) is 32.1 Å². The fraction of sp³-hybridized carbons (Fsp3) is 0.929. The van der Waals surface area contributed by atoms with Crippen LogP contribution >= 0.6 is 0 Å². The van der Waals surface area contributed by atoms with Crippen LogP contribution in [0.2, 0.25) is 0 Å². The van der Waals surface area contributed by atoms with Crippen molar-refractivity contribution in [2.75, 3.05) is 6.54 Å². The lowest BCUT2D eigenvalue weighted by Gasteiger charge is -2.28. The fourth-order valence-corrected chi connectivity index (χ4v) is 3.13. The average Bonchev–Trinajstić information content (AvgIpc) is 2.39. The summed E-state index contributed by atoms with van der Waals surface area (Å²) in [4.78, 5) is 11.8. The molecule has 0 aromatic carbocycles. The van der Waals surface area contributed by atoms with E-state index in [2.05, 4.69) is 10.6 Å². The zero-order valence-corrected chi connectivity index (χ0v) is 11.2. The van der Waals surface area contributed by atoms with Crippen molar-refractivity contribution in [3.05, 3.63) is 0 Å². The number of carbonyl (C=O) groups is 1. The Kier molecular flexibility index (Phi) is 5.29. The van der Waals surface area contributed by atoms with Gasteiger partial charge in [-0.05, 0) is 25.7 Å². The van der Waals surface area contributed by atoms with E-state index in [1.807, 2.05) is 0 Å². The lowest BCUT2D eigenvalue weighted by molar-refractivity contribution is 0.0708. The summed E-state index contributed by atoms with van der Waals surface area (Å²) in [5.41, 5.74) is 0. The van der Waals surface area contributed by atoms with E-state index in [4.69, 9.17) is 0 Å². The predicted molar refractivity (Wildman–Crippen MR) is 71.4 cm³/mol. The summed E-state index contributed by atoms with van der Waals surface area (Å²) in [6.07, 6.45) is 9.96. The smallest absolute Gasteiger partial charge is 0.315 e. The third-order valence-electron chi connectivity index (χ3n) is 4.33. The molecule has 18 heavy (non-hydrogen) atoms. The highest BCUT2D eigenvalue weighted by atomic mass is 16.3. The molecule has 2 rings (SSSR count). The van der Waals surface area contributed by atoms with Gasteiger partial charge < -0.3 is 15.7 Å². The molecule has 2 atom stereocenters. The van der Waals surface area contributed by atoms with Crippen LogP contribution in [0.4, 0.5) is 4.79 Å². The Balaban J connectivity index is 1.64. The molecule has 2 amide bonds. The van der Waals surface area contributed by atoms with Gasteiger partial charge in [0.25, 0.3) is 0 Å². The molecule has 0 spiro atoms. The zero-order chi connectivity index (χ0) is 12.8. The Bertz CT molecular complexity index is 265. The Morgan fingerprint density at radius 1 is 1.00 bits per heavy atom. The number of nitrogens with one attached hydrogen (secondary N) is 2. The van der Waals surface area contributed by atoms with Gasteiger partial charge in [0.2, 0.25) is 0 Å². The van der Waals surface area contributed by atoms with Gasteiger partial charge in [-0.25, -0.2) is 4.79 Å². The van der Waals surface area contributed by atoms with Crippen molar-refractivity contribution in [1.29, 1.82) is 0 Å². The molecule has 0 saturated heterocycles. The van der Waals surface area contributed by atoms with Gasteiger partial charge in [-0.3, -0.25) is 0 Å². The van der Waals surface area contributed by atoms with Crippen molar-refractivity contribution < 1.29 is 9.90 Å². The standard InChI is InChI=1S/C14H26N2O2/c17-13-9-5-4-6-11(13)10-15-14(18)16-12-7-2-1-3-8-12/h11-13,17H,1-10H2,(H2,15,16,18). The van der Waals surface area contributed by atoms with Gasteiger partial charge in [-0.1, -0.05) is 32.1 Å². The van der Waals surface area contributed by atoms with Crippen LogP contribution in [0, 0.1) is 5.92 Å². The maximum absolute atomic E-state index is 11.8. The summed E-state index contributed by atoms with van der Waals surface area (Å²) in [5.74, 6) is 0.246. The molecule has 2 fully saturated rings. The molecule has 0 aromatic heterocycles. The molecule has 3 N–H and O–H groups in total. The van der Waals surface area contributed by atoms with Crippen molar-refractivity contribution in [3.63, 3.8) is 0 Å². The van der Waals surface area contributed by atoms with Crippen molar-refractivity contribution in [2.45, 2.75) is 69.9 Å². The lowest BCUT2D eigenvalue weighted by Crippen LogP contribution is -2.45. The molecule has 4 heteroatoms. The first-order valence-corrected chi connectivity index (χ1v) is 7.48. The topological polar surface area (TPSA) is 61.4 Å². The molecular formula is C14H26N2O2. The first-order chi connectivity index (χ1) is 8.75. The molecule has 0 aliphatic heterocycles. The van der Waals surface area contributed by atoms with Crippen molar-refractivity contribution in [1.82, 2.24) is 10.6 Å². The first-order valence-electron chi connectivity index (χ1n) is 7.48. The van der Waals surface area contributed by atoms with Crippen LogP contribution in [-0.2, 0) is 0 Å². The van der Waals surface area contributed by atoms with E-state index in [0.29, 0.717) is 12.6 Å². The van der Waals surface area contributed by atoms with Crippen LogP contribution in [0.1, 0.15) is 57.8 Å². The summed E-state index contributed by atoms with van der Waals surface area (Å²) in [6.45, 7) is 0.611. The molecular weight excluding hydrogens is 228 g/mol. The quantitative estimate of drug-likeness (QED) is 0.723.